The fourth-order valence-electron chi connectivity index (χ4n) is 8.73. The molecule has 2 N–H and O–H groups in total. The number of benzene rings is 8. The van der Waals surface area contributed by atoms with Gasteiger partial charge < -0.3 is 19.7 Å². The average molecular weight is 853 g/mol. The molecule has 10 rings (SSSR count). The van der Waals surface area contributed by atoms with Gasteiger partial charge in [0.1, 0.15) is 36.4 Å². The Morgan fingerprint density at radius 1 is 0.431 bits per heavy atom. The number of aliphatic hydroxyl groups is 2. The summed E-state index contributed by atoms with van der Waals surface area (Å²) in [5, 5.41) is 19.5. The molecule has 8 heteroatoms. The number of imidazole rings is 2. The van der Waals surface area contributed by atoms with E-state index >= 15 is 0 Å². The SMILES string of the molecule is CC(C)(c1ccc(OCCO)c(-c2ccc(-c3nc4ccccc4n3-c3ccccc3)cc2)c1)c1ccc(OCCO)c(-c2ccc(-c3nc4ccccc4n3-c3ccccc3)cc2)c1. The highest BCUT2D eigenvalue weighted by Crippen LogP contribution is 2.42. The number of nitrogens with zero attached hydrogens (tertiary/aromatic N) is 4. The minimum Gasteiger partial charge on any atom is -0.491 e. The third-order valence-corrected chi connectivity index (χ3v) is 12.2. The number of rotatable bonds is 14. The van der Waals surface area contributed by atoms with E-state index in [1.54, 1.807) is 0 Å². The second-order valence-electron chi connectivity index (χ2n) is 16.5. The van der Waals surface area contributed by atoms with Crippen LogP contribution in [0.2, 0.25) is 0 Å². The van der Waals surface area contributed by atoms with Gasteiger partial charge in [-0.3, -0.25) is 9.13 Å². The standard InChI is InChI=1S/C57H48N4O4/c1-57(2,43-29-31-53(64-35-33-62)47(37-43)39-21-25-41(26-22-39)55-58-49-17-9-11-19-51(49)60(55)45-13-5-3-6-14-45)44-30-32-54(65-36-34-63)48(38-44)40-23-27-42(28-24-40)56-59-50-18-10-12-20-52(50)61(56)46-15-7-4-8-16-46/h3-32,37-38,62-63H,33-36H2,1-2H3. The Balaban J connectivity index is 1.01. The Kier molecular flexibility index (Phi) is 11.3. The summed E-state index contributed by atoms with van der Waals surface area (Å²) in [7, 11) is 0. The van der Waals surface area contributed by atoms with Gasteiger partial charge in [0.25, 0.3) is 0 Å². The number of hydrogen-bond acceptors (Lipinski definition) is 6. The first-order valence-corrected chi connectivity index (χ1v) is 21.9. The monoisotopic (exact) mass is 852 g/mol. The molecule has 0 atom stereocenters. The summed E-state index contributed by atoms with van der Waals surface area (Å²) < 4.78 is 16.7. The molecule has 0 fully saturated rings. The molecule has 10 aromatic rings. The molecule has 0 saturated carbocycles. The van der Waals surface area contributed by atoms with Crippen molar-refractivity contribution in [1.29, 1.82) is 0 Å². The van der Waals surface area contributed by atoms with Crippen LogP contribution in [-0.4, -0.2) is 55.7 Å². The van der Waals surface area contributed by atoms with Crippen molar-refractivity contribution in [2.24, 2.45) is 0 Å². The van der Waals surface area contributed by atoms with Crippen LogP contribution < -0.4 is 9.47 Å². The lowest BCUT2D eigenvalue weighted by Crippen LogP contribution is -2.19. The molecule has 0 amide bonds. The highest BCUT2D eigenvalue weighted by molar-refractivity contribution is 5.85. The van der Waals surface area contributed by atoms with E-state index < -0.39 is 5.41 Å². The second kappa shape index (κ2) is 17.8. The summed E-state index contributed by atoms with van der Waals surface area (Å²) in [4.78, 5) is 10.2. The van der Waals surface area contributed by atoms with Crippen molar-refractivity contribution in [2.75, 3.05) is 26.4 Å². The van der Waals surface area contributed by atoms with Gasteiger partial charge in [0.2, 0.25) is 0 Å². The zero-order chi connectivity index (χ0) is 44.3. The number of ether oxygens (including phenoxy) is 2. The first kappa shape index (κ1) is 41.2. The molecular weight excluding hydrogens is 805 g/mol. The van der Waals surface area contributed by atoms with Crippen LogP contribution in [-0.2, 0) is 5.41 Å². The lowest BCUT2D eigenvalue weighted by atomic mass is 9.76. The number of hydrogen-bond donors (Lipinski definition) is 2. The average Bonchev–Trinajstić information content (AvgIpc) is 3.95. The second-order valence-corrected chi connectivity index (χ2v) is 16.5. The maximum Gasteiger partial charge on any atom is 0.145 e. The molecule has 65 heavy (non-hydrogen) atoms. The Morgan fingerprint density at radius 2 is 0.800 bits per heavy atom. The van der Waals surface area contributed by atoms with Crippen molar-refractivity contribution >= 4 is 22.1 Å². The fraction of sp³-hybridized carbons (Fsp3) is 0.123. The van der Waals surface area contributed by atoms with Gasteiger partial charge >= 0.3 is 0 Å². The van der Waals surface area contributed by atoms with Gasteiger partial charge in [-0.25, -0.2) is 9.97 Å². The summed E-state index contributed by atoms with van der Waals surface area (Å²) in [6.45, 7) is 4.61. The van der Waals surface area contributed by atoms with Crippen molar-refractivity contribution < 1.29 is 19.7 Å². The van der Waals surface area contributed by atoms with Crippen LogP contribution in [0.15, 0.2) is 194 Å². The molecule has 2 aromatic heterocycles. The van der Waals surface area contributed by atoms with Crippen LogP contribution in [0.3, 0.4) is 0 Å². The highest BCUT2D eigenvalue weighted by Gasteiger charge is 2.27. The van der Waals surface area contributed by atoms with E-state index in [1.165, 1.54) is 0 Å². The Labute approximate surface area is 378 Å². The first-order valence-electron chi connectivity index (χ1n) is 21.9. The van der Waals surface area contributed by atoms with E-state index in [9.17, 15) is 10.2 Å². The van der Waals surface area contributed by atoms with E-state index in [0.717, 1.165) is 89.6 Å². The van der Waals surface area contributed by atoms with Gasteiger partial charge in [0.15, 0.2) is 0 Å². The van der Waals surface area contributed by atoms with E-state index in [0.29, 0.717) is 11.5 Å². The number of aliphatic hydroxyl groups excluding tert-OH is 2. The van der Waals surface area contributed by atoms with Gasteiger partial charge in [-0.1, -0.05) is 135 Å². The summed E-state index contributed by atoms with van der Waals surface area (Å²) in [5.74, 6) is 3.10. The maximum absolute atomic E-state index is 9.76. The van der Waals surface area contributed by atoms with Crippen molar-refractivity contribution in [3.63, 3.8) is 0 Å². The summed E-state index contributed by atoms with van der Waals surface area (Å²) >= 11 is 0. The van der Waals surface area contributed by atoms with Gasteiger partial charge in [-0.15, -0.1) is 0 Å². The number of aromatic nitrogens is 4. The zero-order valence-corrected chi connectivity index (χ0v) is 36.3. The Morgan fingerprint density at radius 3 is 1.20 bits per heavy atom. The lowest BCUT2D eigenvalue weighted by molar-refractivity contribution is 0.202. The molecule has 0 saturated heterocycles. The number of para-hydroxylation sites is 6. The third-order valence-electron chi connectivity index (χ3n) is 12.2. The molecule has 2 heterocycles. The smallest absolute Gasteiger partial charge is 0.145 e. The van der Waals surface area contributed by atoms with Crippen LogP contribution in [0, 0.1) is 0 Å². The molecule has 0 spiro atoms. The van der Waals surface area contributed by atoms with E-state index in [2.05, 4.69) is 132 Å². The summed E-state index contributed by atoms with van der Waals surface area (Å²) in [6, 6.07) is 66.6. The van der Waals surface area contributed by atoms with Crippen molar-refractivity contribution in [3.8, 4) is 67.9 Å². The minimum absolute atomic E-state index is 0.0944. The molecule has 320 valence electrons. The molecule has 0 bridgehead atoms. The van der Waals surface area contributed by atoms with Crippen LogP contribution >= 0.6 is 0 Å². The van der Waals surface area contributed by atoms with Crippen LogP contribution in [0.5, 0.6) is 11.5 Å². The molecule has 0 aliphatic rings. The van der Waals surface area contributed by atoms with Gasteiger partial charge in [-0.2, -0.15) is 0 Å². The van der Waals surface area contributed by atoms with Crippen LogP contribution in [0.25, 0.3) is 78.5 Å². The quantitative estimate of drug-likeness (QED) is 0.113. The van der Waals surface area contributed by atoms with Crippen molar-refractivity contribution in [2.45, 2.75) is 19.3 Å². The lowest BCUT2D eigenvalue weighted by Gasteiger charge is -2.28. The molecule has 8 nitrogen and oxygen atoms in total. The number of fused-ring (bicyclic) bond motifs is 2. The summed E-state index contributed by atoms with van der Waals surface area (Å²) in [5.41, 5.74) is 13.5. The fourth-order valence-corrected chi connectivity index (χ4v) is 8.73. The Bertz CT molecular complexity index is 3030. The molecule has 0 radical (unpaired) electrons. The molecule has 0 unspecified atom stereocenters. The molecule has 0 aliphatic heterocycles. The van der Waals surface area contributed by atoms with Gasteiger partial charge in [0, 0.05) is 39.0 Å². The molecule has 0 aliphatic carbocycles. The Hall–Kier alpha value is -7.78. The van der Waals surface area contributed by atoms with Crippen molar-refractivity contribution in [1.82, 2.24) is 19.1 Å². The molecule has 8 aromatic carbocycles. The highest BCUT2D eigenvalue weighted by atomic mass is 16.5. The van der Waals surface area contributed by atoms with E-state index in [-0.39, 0.29) is 26.4 Å². The molecular formula is C57H48N4O4. The van der Waals surface area contributed by atoms with Crippen molar-refractivity contribution in [3.05, 3.63) is 205 Å². The zero-order valence-electron chi connectivity index (χ0n) is 36.3. The third kappa shape index (κ3) is 7.95. The predicted octanol–water partition coefficient (Wildman–Crippen LogP) is 12.1. The first-order chi connectivity index (χ1) is 31.9. The van der Waals surface area contributed by atoms with E-state index in [1.807, 2.05) is 84.9 Å². The summed E-state index contributed by atoms with van der Waals surface area (Å²) in [6.07, 6.45) is 0. The van der Waals surface area contributed by atoms with E-state index in [4.69, 9.17) is 19.4 Å². The maximum atomic E-state index is 9.76. The minimum atomic E-state index is -0.463. The predicted molar refractivity (Wildman–Crippen MR) is 261 cm³/mol. The normalized spacial score (nSPS) is 11.6. The van der Waals surface area contributed by atoms with Gasteiger partial charge in [0.05, 0.1) is 35.3 Å². The largest absolute Gasteiger partial charge is 0.491 e. The topological polar surface area (TPSA) is 94.6 Å². The van der Waals surface area contributed by atoms with Crippen LogP contribution in [0.1, 0.15) is 25.0 Å². The van der Waals surface area contributed by atoms with Crippen LogP contribution in [0.4, 0.5) is 0 Å². The van der Waals surface area contributed by atoms with Gasteiger partial charge in [-0.05, 0) is 95.1 Å².